The average Bonchev–Trinajstić information content (AvgIpc) is 2.72. The molecule has 1 aromatic heterocycles. The molecule has 9 heteroatoms. The van der Waals surface area contributed by atoms with Crippen molar-refractivity contribution in [3.8, 4) is 17.2 Å². The predicted octanol–water partition coefficient (Wildman–Crippen LogP) is 6.10. The maximum Gasteiger partial charge on any atom is 0.433 e. The Hall–Kier alpha value is -3.52. The fraction of sp³-hybridized carbons (Fsp3) is 0.0909. The Kier molecular flexibility index (Phi) is 8.04. The van der Waals surface area contributed by atoms with E-state index in [9.17, 15) is 18.0 Å². The number of carbonyl (C=O) groups is 1. The van der Waals surface area contributed by atoms with Crippen molar-refractivity contribution in [2.75, 3.05) is 6.61 Å². The van der Waals surface area contributed by atoms with E-state index < -0.39 is 17.8 Å². The summed E-state index contributed by atoms with van der Waals surface area (Å²) >= 11 is 0. The number of carboxylic acids is 1. The third-order valence-corrected chi connectivity index (χ3v) is 3.88. The molecule has 0 aliphatic carbocycles. The molecular weight excluding hydrogens is 435 g/mol. The van der Waals surface area contributed by atoms with Crippen molar-refractivity contribution < 1.29 is 32.5 Å². The number of aromatic carboxylic acids is 1. The molecule has 0 saturated carbocycles. The molecule has 5 nitrogen and oxygen atoms in total. The van der Waals surface area contributed by atoms with Gasteiger partial charge < -0.3 is 14.6 Å². The number of ether oxygens (including phenoxy) is 2. The van der Waals surface area contributed by atoms with E-state index in [1.807, 2.05) is 0 Å². The van der Waals surface area contributed by atoms with Crippen LogP contribution in [-0.2, 0) is 6.18 Å². The maximum atomic E-state index is 12.5. The van der Waals surface area contributed by atoms with E-state index in [1.165, 1.54) is 18.2 Å². The fourth-order valence-corrected chi connectivity index (χ4v) is 2.47. The van der Waals surface area contributed by atoms with Gasteiger partial charge in [-0.3, -0.25) is 4.98 Å². The van der Waals surface area contributed by atoms with Gasteiger partial charge >= 0.3 is 12.1 Å². The van der Waals surface area contributed by atoms with Gasteiger partial charge in [0.15, 0.2) is 11.5 Å². The molecule has 1 heterocycles. The molecule has 0 atom stereocenters. The zero-order valence-electron chi connectivity index (χ0n) is 15.9. The molecule has 0 saturated heterocycles. The molecular formula is C22H17ClF3NO4. The van der Waals surface area contributed by atoms with Gasteiger partial charge in [0.2, 0.25) is 0 Å². The first-order valence-corrected chi connectivity index (χ1v) is 8.76. The summed E-state index contributed by atoms with van der Waals surface area (Å²) in [5.41, 5.74) is -0.352. The quantitative estimate of drug-likeness (QED) is 0.469. The zero-order chi connectivity index (χ0) is 21.6. The number of pyridine rings is 1. The fourth-order valence-electron chi connectivity index (χ4n) is 2.47. The van der Waals surface area contributed by atoms with Crippen LogP contribution in [0.1, 0.15) is 21.6 Å². The van der Waals surface area contributed by atoms with Crippen LogP contribution in [0.3, 0.4) is 0 Å². The second-order valence-electron chi connectivity index (χ2n) is 6.07. The number of alkyl halides is 3. The molecule has 0 amide bonds. The molecule has 0 unspecified atom stereocenters. The third-order valence-electron chi connectivity index (χ3n) is 3.88. The molecule has 0 spiro atoms. The van der Waals surface area contributed by atoms with Crippen molar-refractivity contribution in [2.45, 2.75) is 6.18 Å². The molecule has 2 aromatic carbocycles. The van der Waals surface area contributed by atoms with Gasteiger partial charge in [-0.25, -0.2) is 4.79 Å². The van der Waals surface area contributed by atoms with Crippen LogP contribution < -0.4 is 9.47 Å². The van der Waals surface area contributed by atoms with Gasteiger partial charge in [0.1, 0.15) is 18.1 Å². The Morgan fingerprint density at radius 1 is 1.03 bits per heavy atom. The predicted molar refractivity (Wildman–Crippen MR) is 111 cm³/mol. The van der Waals surface area contributed by atoms with Gasteiger partial charge in [-0.15, -0.1) is 12.4 Å². The Bertz CT molecular complexity index is 1050. The van der Waals surface area contributed by atoms with E-state index in [-0.39, 0.29) is 24.6 Å². The van der Waals surface area contributed by atoms with E-state index >= 15 is 0 Å². The van der Waals surface area contributed by atoms with Crippen molar-refractivity contribution in [3.05, 3.63) is 89.8 Å². The second kappa shape index (κ2) is 10.5. The summed E-state index contributed by atoms with van der Waals surface area (Å²) in [5.74, 6) is 0.100. The highest BCUT2D eigenvalue weighted by atomic mass is 35.5. The minimum atomic E-state index is -4.47. The molecule has 0 aliphatic rings. The SMILES string of the molecule is Cl.O=C(O)c1cccc(Oc2ccccc2OCC=Cc2ccc(C(F)(F)F)nc2)c1. The van der Waals surface area contributed by atoms with E-state index in [1.54, 1.807) is 48.6 Å². The number of hydrogen-bond donors (Lipinski definition) is 1. The van der Waals surface area contributed by atoms with E-state index in [2.05, 4.69) is 4.98 Å². The van der Waals surface area contributed by atoms with Crippen molar-refractivity contribution in [1.82, 2.24) is 4.98 Å². The van der Waals surface area contributed by atoms with Crippen LogP contribution >= 0.6 is 12.4 Å². The van der Waals surface area contributed by atoms with Gasteiger partial charge in [0.05, 0.1) is 5.56 Å². The van der Waals surface area contributed by atoms with E-state index in [0.717, 1.165) is 12.3 Å². The summed E-state index contributed by atoms with van der Waals surface area (Å²) < 4.78 is 49.0. The van der Waals surface area contributed by atoms with Crippen molar-refractivity contribution in [2.24, 2.45) is 0 Å². The molecule has 0 radical (unpaired) electrons. The molecule has 3 rings (SSSR count). The van der Waals surface area contributed by atoms with Gasteiger partial charge in [-0.1, -0.05) is 30.3 Å². The lowest BCUT2D eigenvalue weighted by atomic mass is 10.2. The number of benzene rings is 2. The standard InChI is InChI=1S/C22H16F3NO4.ClH/c23-22(24,25)20-11-10-15(14-26-20)5-4-12-29-18-8-1-2-9-19(18)30-17-7-3-6-16(13-17)21(27)28;/h1-11,13-14H,12H2,(H,27,28);1H. The average molecular weight is 452 g/mol. The van der Waals surface area contributed by atoms with Crippen LogP contribution in [0, 0.1) is 0 Å². The lowest BCUT2D eigenvalue weighted by Crippen LogP contribution is -2.07. The van der Waals surface area contributed by atoms with Crippen molar-refractivity contribution in [3.63, 3.8) is 0 Å². The first-order valence-electron chi connectivity index (χ1n) is 8.76. The van der Waals surface area contributed by atoms with Crippen LogP contribution in [0.15, 0.2) is 72.9 Å². The van der Waals surface area contributed by atoms with Crippen LogP contribution in [0.4, 0.5) is 13.2 Å². The van der Waals surface area contributed by atoms with Crippen molar-refractivity contribution in [1.29, 1.82) is 0 Å². The molecule has 31 heavy (non-hydrogen) atoms. The second-order valence-corrected chi connectivity index (χ2v) is 6.07. The third kappa shape index (κ3) is 6.75. The zero-order valence-corrected chi connectivity index (χ0v) is 16.7. The number of hydrogen-bond acceptors (Lipinski definition) is 4. The number of para-hydroxylation sites is 2. The Labute approximate surface area is 182 Å². The summed E-state index contributed by atoms with van der Waals surface area (Å²) in [6, 6.07) is 15.1. The number of halogens is 4. The van der Waals surface area contributed by atoms with Crippen LogP contribution in [0.5, 0.6) is 17.2 Å². The van der Waals surface area contributed by atoms with Gasteiger partial charge in [0.25, 0.3) is 0 Å². The summed E-state index contributed by atoms with van der Waals surface area (Å²) in [6.45, 7) is 0.135. The molecule has 0 aliphatic heterocycles. The first-order chi connectivity index (χ1) is 14.3. The monoisotopic (exact) mass is 451 g/mol. The lowest BCUT2D eigenvalue weighted by Gasteiger charge is -2.11. The van der Waals surface area contributed by atoms with E-state index in [4.69, 9.17) is 14.6 Å². The van der Waals surface area contributed by atoms with Gasteiger partial charge in [0, 0.05) is 6.20 Å². The van der Waals surface area contributed by atoms with Crippen molar-refractivity contribution >= 4 is 24.5 Å². The normalized spacial score (nSPS) is 11.1. The number of nitrogens with zero attached hydrogens (tertiary/aromatic N) is 1. The number of rotatable bonds is 7. The smallest absolute Gasteiger partial charge is 0.433 e. The van der Waals surface area contributed by atoms with Crippen LogP contribution in [-0.4, -0.2) is 22.7 Å². The first kappa shape index (κ1) is 23.8. The van der Waals surface area contributed by atoms with Crippen LogP contribution in [0.2, 0.25) is 0 Å². The molecule has 0 fully saturated rings. The molecule has 162 valence electrons. The summed E-state index contributed by atoms with van der Waals surface area (Å²) in [6.07, 6.45) is -0.121. The Morgan fingerprint density at radius 3 is 2.42 bits per heavy atom. The molecule has 0 bridgehead atoms. The van der Waals surface area contributed by atoms with E-state index in [0.29, 0.717) is 22.8 Å². The van der Waals surface area contributed by atoms with Crippen LogP contribution in [0.25, 0.3) is 6.08 Å². The minimum absolute atomic E-state index is 0. The number of carboxylic acid groups (broad SMARTS) is 1. The largest absolute Gasteiger partial charge is 0.486 e. The molecule has 3 aromatic rings. The minimum Gasteiger partial charge on any atom is -0.486 e. The Morgan fingerprint density at radius 2 is 1.77 bits per heavy atom. The summed E-state index contributed by atoms with van der Waals surface area (Å²) in [7, 11) is 0. The summed E-state index contributed by atoms with van der Waals surface area (Å²) in [4.78, 5) is 14.5. The highest BCUT2D eigenvalue weighted by Crippen LogP contribution is 2.31. The summed E-state index contributed by atoms with van der Waals surface area (Å²) in [5, 5.41) is 9.07. The maximum absolute atomic E-state index is 12.5. The highest BCUT2D eigenvalue weighted by molar-refractivity contribution is 5.88. The highest BCUT2D eigenvalue weighted by Gasteiger charge is 2.31. The topological polar surface area (TPSA) is 68.7 Å². The number of aromatic nitrogens is 1. The molecule has 1 N–H and O–H groups in total. The Balaban J connectivity index is 0.00000341. The lowest BCUT2D eigenvalue weighted by molar-refractivity contribution is -0.141. The van der Waals surface area contributed by atoms with Gasteiger partial charge in [-0.05, 0) is 48.0 Å². The van der Waals surface area contributed by atoms with Gasteiger partial charge in [-0.2, -0.15) is 13.2 Å².